The minimum atomic E-state index is 0.617. The summed E-state index contributed by atoms with van der Waals surface area (Å²) in [4.78, 5) is 8.98. The Hall–Kier alpha value is -1.68. The second-order valence-electron chi connectivity index (χ2n) is 6.08. The van der Waals surface area contributed by atoms with Crippen molar-refractivity contribution in [2.75, 3.05) is 6.54 Å². The molecule has 0 bridgehead atoms. The molecule has 3 rings (SSSR count). The molecule has 0 amide bonds. The molecule has 4 nitrogen and oxygen atoms in total. The molecule has 0 radical (unpaired) electrons. The first-order valence-electron chi connectivity index (χ1n) is 7.34. The van der Waals surface area contributed by atoms with Gasteiger partial charge in [-0.15, -0.1) is 0 Å². The van der Waals surface area contributed by atoms with E-state index in [4.69, 9.17) is 5.73 Å². The van der Waals surface area contributed by atoms with E-state index >= 15 is 0 Å². The van der Waals surface area contributed by atoms with Crippen LogP contribution in [-0.4, -0.2) is 21.1 Å². The van der Waals surface area contributed by atoms with Crippen LogP contribution in [0.4, 0.5) is 0 Å². The van der Waals surface area contributed by atoms with Crippen molar-refractivity contribution in [3.05, 3.63) is 42.1 Å². The van der Waals surface area contributed by atoms with Crippen molar-refractivity contribution in [1.29, 1.82) is 0 Å². The second-order valence-corrected chi connectivity index (χ2v) is 6.08. The van der Waals surface area contributed by atoms with E-state index in [1.807, 2.05) is 30.1 Å². The zero-order valence-electron chi connectivity index (χ0n) is 12.2. The van der Waals surface area contributed by atoms with Crippen LogP contribution in [0.3, 0.4) is 0 Å². The Morgan fingerprint density at radius 2 is 2.25 bits per heavy atom. The van der Waals surface area contributed by atoms with E-state index in [9.17, 15) is 0 Å². The van der Waals surface area contributed by atoms with Crippen molar-refractivity contribution in [1.82, 2.24) is 14.5 Å². The first kappa shape index (κ1) is 13.3. The van der Waals surface area contributed by atoms with E-state index in [2.05, 4.69) is 29.2 Å². The fourth-order valence-electron chi connectivity index (χ4n) is 2.75. The van der Waals surface area contributed by atoms with Gasteiger partial charge in [-0.05, 0) is 49.8 Å². The Kier molecular flexibility index (Phi) is 3.57. The number of nitrogens with two attached hydrogens (primary N) is 1. The highest BCUT2D eigenvalue weighted by Gasteiger charge is 2.40. The molecule has 1 saturated carbocycles. The monoisotopic (exact) mass is 270 g/mol. The number of rotatable bonds is 5. The van der Waals surface area contributed by atoms with Gasteiger partial charge >= 0.3 is 0 Å². The van der Waals surface area contributed by atoms with Crippen LogP contribution in [0.5, 0.6) is 0 Å². The molecule has 0 aliphatic heterocycles. The van der Waals surface area contributed by atoms with Crippen LogP contribution in [-0.2, 0) is 0 Å². The zero-order chi connectivity index (χ0) is 14.1. The summed E-state index contributed by atoms with van der Waals surface area (Å²) in [7, 11) is 0. The van der Waals surface area contributed by atoms with Gasteiger partial charge in [0.1, 0.15) is 12.1 Å². The Labute approximate surface area is 120 Å². The molecule has 20 heavy (non-hydrogen) atoms. The average Bonchev–Trinajstić information content (AvgIpc) is 3.03. The van der Waals surface area contributed by atoms with Gasteiger partial charge in [-0.2, -0.15) is 0 Å². The van der Waals surface area contributed by atoms with E-state index in [1.165, 1.54) is 24.1 Å². The number of nitrogens with zero attached hydrogens (tertiary/aromatic N) is 3. The fraction of sp³-hybridized carbons (Fsp3) is 0.500. The van der Waals surface area contributed by atoms with E-state index < -0.39 is 0 Å². The first-order valence-corrected chi connectivity index (χ1v) is 7.34. The van der Waals surface area contributed by atoms with Gasteiger partial charge in [0.25, 0.3) is 0 Å². The van der Waals surface area contributed by atoms with Gasteiger partial charge in [0.15, 0.2) is 0 Å². The van der Waals surface area contributed by atoms with Gasteiger partial charge in [-0.3, -0.25) is 4.57 Å². The maximum atomic E-state index is 5.70. The third-order valence-corrected chi connectivity index (χ3v) is 4.17. The summed E-state index contributed by atoms with van der Waals surface area (Å²) in [6.07, 6.45) is 8.35. The largest absolute Gasteiger partial charge is 0.330 e. The van der Waals surface area contributed by atoms with Gasteiger partial charge < -0.3 is 5.73 Å². The van der Waals surface area contributed by atoms with Crippen molar-refractivity contribution in [2.45, 2.75) is 32.6 Å². The van der Waals surface area contributed by atoms with Gasteiger partial charge in [-0.1, -0.05) is 13.0 Å². The zero-order valence-corrected chi connectivity index (χ0v) is 12.2. The van der Waals surface area contributed by atoms with Crippen molar-refractivity contribution in [2.24, 2.45) is 17.6 Å². The molecule has 2 heterocycles. The molecule has 1 aliphatic carbocycles. The van der Waals surface area contributed by atoms with E-state index in [0.717, 1.165) is 18.3 Å². The van der Waals surface area contributed by atoms with Crippen molar-refractivity contribution in [3.63, 3.8) is 0 Å². The number of aryl methyl sites for hydroxylation is 1. The molecular weight excluding hydrogens is 248 g/mol. The van der Waals surface area contributed by atoms with Crippen molar-refractivity contribution in [3.8, 4) is 5.82 Å². The molecule has 3 atom stereocenters. The highest BCUT2D eigenvalue weighted by atomic mass is 15.1. The van der Waals surface area contributed by atoms with Crippen LogP contribution in [0.25, 0.3) is 5.82 Å². The van der Waals surface area contributed by atoms with E-state index in [1.54, 1.807) is 0 Å². The highest BCUT2D eigenvalue weighted by Crippen LogP contribution is 2.50. The third kappa shape index (κ3) is 2.75. The van der Waals surface area contributed by atoms with Crippen LogP contribution in [0.2, 0.25) is 0 Å². The molecule has 106 valence electrons. The molecule has 4 heteroatoms. The normalized spacial score (nSPS) is 22.8. The number of aromatic nitrogens is 3. The summed E-state index contributed by atoms with van der Waals surface area (Å²) in [6, 6.07) is 4.10. The lowest BCUT2D eigenvalue weighted by atomic mass is 10.0. The highest BCUT2D eigenvalue weighted by molar-refractivity contribution is 5.27. The Morgan fingerprint density at radius 3 is 2.95 bits per heavy atom. The molecular formula is C16H22N4. The van der Waals surface area contributed by atoms with E-state index in [-0.39, 0.29) is 0 Å². The average molecular weight is 270 g/mol. The summed E-state index contributed by atoms with van der Waals surface area (Å²) < 4.78 is 2.01. The molecule has 0 spiro atoms. The minimum Gasteiger partial charge on any atom is -0.330 e. The number of hydrogen-bond donors (Lipinski definition) is 1. The SMILES string of the molecule is Cc1ccc(-n2cnc(C3CC3CC(C)CN)c2)nc1. The summed E-state index contributed by atoms with van der Waals surface area (Å²) >= 11 is 0. The number of imidazole rings is 1. The molecule has 3 unspecified atom stereocenters. The van der Waals surface area contributed by atoms with Crippen LogP contribution < -0.4 is 5.73 Å². The molecule has 1 fully saturated rings. The summed E-state index contributed by atoms with van der Waals surface area (Å²) in [6.45, 7) is 5.05. The first-order chi connectivity index (χ1) is 9.67. The van der Waals surface area contributed by atoms with Crippen LogP contribution in [0, 0.1) is 18.8 Å². The number of hydrogen-bond acceptors (Lipinski definition) is 3. The lowest BCUT2D eigenvalue weighted by molar-refractivity contribution is 0.499. The second kappa shape index (κ2) is 5.37. The molecule has 2 aromatic heterocycles. The van der Waals surface area contributed by atoms with Crippen molar-refractivity contribution >= 4 is 0 Å². The van der Waals surface area contributed by atoms with Crippen LogP contribution >= 0.6 is 0 Å². The lowest BCUT2D eigenvalue weighted by Gasteiger charge is -2.06. The fourth-order valence-corrected chi connectivity index (χ4v) is 2.75. The summed E-state index contributed by atoms with van der Waals surface area (Å²) in [5, 5.41) is 0. The smallest absolute Gasteiger partial charge is 0.137 e. The maximum Gasteiger partial charge on any atom is 0.137 e. The Morgan fingerprint density at radius 1 is 1.40 bits per heavy atom. The Balaban J connectivity index is 1.68. The predicted octanol–water partition coefficient (Wildman–Crippen LogP) is 2.66. The summed E-state index contributed by atoms with van der Waals surface area (Å²) in [5.74, 6) is 2.94. The van der Waals surface area contributed by atoms with Crippen molar-refractivity contribution < 1.29 is 0 Å². The van der Waals surface area contributed by atoms with Crippen LogP contribution in [0.1, 0.15) is 36.9 Å². The lowest BCUT2D eigenvalue weighted by Crippen LogP contribution is -2.11. The standard InChI is InChI=1S/C16H22N4/c1-11-3-4-16(18-8-11)20-9-15(19-10-20)14-6-13(14)5-12(2)7-17/h3-4,8-10,12-14H,5-7,17H2,1-2H3. The maximum absolute atomic E-state index is 5.70. The molecule has 0 saturated heterocycles. The van der Waals surface area contributed by atoms with Gasteiger partial charge in [0, 0.05) is 18.3 Å². The van der Waals surface area contributed by atoms with Gasteiger partial charge in [0.2, 0.25) is 0 Å². The predicted molar refractivity (Wildman–Crippen MR) is 79.8 cm³/mol. The molecule has 2 aromatic rings. The minimum absolute atomic E-state index is 0.617. The topological polar surface area (TPSA) is 56.7 Å². The van der Waals surface area contributed by atoms with Gasteiger partial charge in [-0.25, -0.2) is 9.97 Å². The Bertz CT molecular complexity index is 572. The third-order valence-electron chi connectivity index (χ3n) is 4.17. The van der Waals surface area contributed by atoms with Crippen LogP contribution in [0.15, 0.2) is 30.9 Å². The molecule has 2 N–H and O–H groups in total. The quantitative estimate of drug-likeness (QED) is 0.908. The molecule has 0 aromatic carbocycles. The van der Waals surface area contributed by atoms with Gasteiger partial charge in [0.05, 0.1) is 5.69 Å². The molecule has 1 aliphatic rings. The number of pyridine rings is 1. The van der Waals surface area contributed by atoms with E-state index in [0.29, 0.717) is 11.8 Å². The summed E-state index contributed by atoms with van der Waals surface area (Å²) in [5.41, 5.74) is 8.07.